The maximum absolute atomic E-state index is 14.6. The standard InChI is InChI=1S/C19H20FN3O10/c1-5-6-29-19(28)22-16-12(20)7-23(18(27)21-16)17-15(32-11(4)26)14(31-10(3)25)13(33-17)8-30-9(2)24/h1,7,13-15,17H,6,8H2,2-4H3,(H,21,22,27,28)/t13-,14-,15-,17-/m1/s1. The van der Waals surface area contributed by atoms with Crippen molar-refractivity contribution < 1.29 is 47.3 Å². The van der Waals surface area contributed by atoms with E-state index in [9.17, 15) is 28.4 Å². The molecule has 2 rings (SSSR count). The topological polar surface area (TPSA) is 161 Å². The van der Waals surface area contributed by atoms with Crippen molar-refractivity contribution in [2.24, 2.45) is 0 Å². The fourth-order valence-corrected chi connectivity index (χ4v) is 2.87. The van der Waals surface area contributed by atoms with Crippen molar-refractivity contribution in [1.82, 2.24) is 9.55 Å². The summed E-state index contributed by atoms with van der Waals surface area (Å²) < 4.78 is 40.5. The minimum absolute atomic E-state index is 0.397. The minimum Gasteiger partial charge on any atom is -0.463 e. The number of carbonyl (C=O) groups excluding carboxylic acids is 4. The number of carbonyl (C=O) groups is 4. The van der Waals surface area contributed by atoms with Gasteiger partial charge in [0, 0.05) is 20.8 Å². The van der Waals surface area contributed by atoms with Crippen LogP contribution in [0.1, 0.15) is 27.0 Å². The molecule has 0 aromatic carbocycles. The van der Waals surface area contributed by atoms with Gasteiger partial charge >= 0.3 is 29.7 Å². The second-order valence-electron chi connectivity index (χ2n) is 6.55. The predicted octanol–water partition coefficient (Wildman–Crippen LogP) is -0.112. The van der Waals surface area contributed by atoms with Crippen LogP contribution in [-0.4, -0.2) is 65.1 Å². The van der Waals surface area contributed by atoms with Crippen molar-refractivity contribution in [3.8, 4) is 12.3 Å². The molecule has 0 unspecified atom stereocenters. The van der Waals surface area contributed by atoms with Gasteiger partial charge in [0.2, 0.25) is 0 Å². The van der Waals surface area contributed by atoms with Gasteiger partial charge in [0.05, 0.1) is 6.20 Å². The third-order valence-corrected chi connectivity index (χ3v) is 4.03. The van der Waals surface area contributed by atoms with Crippen LogP contribution in [0.3, 0.4) is 0 Å². The third kappa shape index (κ3) is 6.74. The zero-order valence-electron chi connectivity index (χ0n) is 17.7. The smallest absolute Gasteiger partial charge is 0.413 e. The maximum Gasteiger partial charge on any atom is 0.413 e. The Morgan fingerprint density at radius 2 is 1.79 bits per heavy atom. The number of terminal acetylenes is 1. The molecule has 0 radical (unpaired) electrons. The molecule has 0 spiro atoms. The van der Waals surface area contributed by atoms with Crippen LogP contribution in [0.4, 0.5) is 15.0 Å². The lowest BCUT2D eigenvalue weighted by Crippen LogP contribution is -2.42. The molecule has 4 atom stereocenters. The first-order valence-electron chi connectivity index (χ1n) is 9.32. The normalized spacial score (nSPS) is 21.4. The lowest BCUT2D eigenvalue weighted by Gasteiger charge is -2.24. The average molecular weight is 469 g/mol. The summed E-state index contributed by atoms with van der Waals surface area (Å²) in [6.07, 6.45) is -0.989. The first-order valence-corrected chi connectivity index (χ1v) is 9.32. The SMILES string of the molecule is C#CCOC(=O)Nc1nc(=O)n([C@@H]2O[C@H](COC(C)=O)[C@@H](OC(C)=O)[C@H]2OC(C)=O)cc1F. The highest BCUT2D eigenvalue weighted by molar-refractivity contribution is 5.83. The fourth-order valence-electron chi connectivity index (χ4n) is 2.87. The van der Waals surface area contributed by atoms with Crippen LogP contribution in [0.25, 0.3) is 0 Å². The van der Waals surface area contributed by atoms with Gasteiger partial charge in [0.15, 0.2) is 36.7 Å². The molecule has 14 heteroatoms. The Kier molecular flexibility index (Phi) is 8.46. The quantitative estimate of drug-likeness (QED) is 0.322. The molecule has 33 heavy (non-hydrogen) atoms. The van der Waals surface area contributed by atoms with Crippen LogP contribution < -0.4 is 11.0 Å². The van der Waals surface area contributed by atoms with E-state index in [1.165, 1.54) is 0 Å². The molecule has 0 saturated carbocycles. The Balaban J connectivity index is 2.41. The lowest BCUT2D eigenvalue weighted by atomic mass is 10.1. The van der Waals surface area contributed by atoms with Gasteiger partial charge in [-0.15, -0.1) is 6.42 Å². The molecule has 1 N–H and O–H groups in total. The van der Waals surface area contributed by atoms with Crippen molar-refractivity contribution in [3.63, 3.8) is 0 Å². The lowest BCUT2D eigenvalue weighted by molar-refractivity contribution is -0.166. The van der Waals surface area contributed by atoms with E-state index in [0.717, 1.165) is 20.8 Å². The monoisotopic (exact) mass is 469 g/mol. The predicted molar refractivity (Wildman–Crippen MR) is 104 cm³/mol. The van der Waals surface area contributed by atoms with Gasteiger partial charge in [-0.1, -0.05) is 5.92 Å². The van der Waals surface area contributed by atoms with Crippen LogP contribution in [0.5, 0.6) is 0 Å². The summed E-state index contributed by atoms with van der Waals surface area (Å²) in [5.74, 6) is -2.19. The van der Waals surface area contributed by atoms with Gasteiger partial charge in [-0.05, 0) is 0 Å². The number of halogens is 1. The number of nitrogens with zero attached hydrogens (tertiary/aromatic N) is 2. The summed E-state index contributed by atoms with van der Waals surface area (Å²) >= 11 is 0. The first kappa shape index (κ1) is 25.3. The van der Waals surface area contributed by atoms with Crippen LogP contribution >= 0.6 is 0 Å². The fraction of sp³-hybridized carbons (Fsp3) is 0.474. The van der Waals surface area contributed by atoms with Crippen molar-refractivity contribution >= 4 is 29.8 Å². The molecular formula is C19H20FN3O10. The molecule has 1 aliphatic rings. The van der Waals surface area contributed by atoms with Gasteiger partial charge in [0.1, 0.15) is 12.7 Å². The van der Waals surface area contributed by atoms with Crippen LogP contribution in [0.2, 0.25) is 0 Å². The molecule has 1 fully saturated rings. The van der Waals surface area contributed by atoms with Gasteiger partial charge in [-0.25, -0.2) is 14.0 Å². The molecule has 178 valence electrons. The highest BCUT2D eigenvalue weighted by Gasteiger charge is 2.51. The third-order valence-electron chi connectivity index (χ3n) is 4.03. The number of ether oxygens (including phenoxy) is 5. The number of nitrogens with one attached hydrogen (secondary N) is 1. The van der Waals surface area contributed by atoms with E-state index in [0.29, 0.717) is 10.8 Å². The molecular weight excluding hydrogens is 449 g/mol. The van der Waals surface area contributed by atoms with Crippen molar-refractivity contribution in [2.75, 3.05) is 18.5 Å². The van der Waals surface area contributed by atoms with E-state index < -0.39 is 79.1 Å². The zero-order valence-corrected chi connectivity index (χ0v) is 17.7. The molecule has 1 aromatic rings. The first-order chi connectivity index (χ1) is 15.5. The largest absolute Gasteiger partial charge is 0.463 e. The molecule has 0 bridgehead atoms. The highest BCUT2D eigenvalue weighted by atomic mass is 19.1. The summed E-state index contributed by atoms with van der Waals surface area (Å²) in [4.78, 5) is 61.9. The van der Waals surface area contributed by atoms with Gasteiger partial charge in [0.25, 0.3) is 0 Å². The number of esters is 3. The highest BCUT2D eigenvalue weighted by Crippen LogP contribution is 2.34. The summed E-state index contributed by atoms with van der Waals surface area (Å²) in [7, 11) is 0. The van der Waals surface area contributed by atoms with E-state index in [1.807, 2.05) is 11.2 Å². The Hall–Kier alpha value is -3.99. The Morgan fingerprint density at radius 1 is 1.15 bits per heavy atom. The molecule has 13 nitrogen and oxygen atoms in total. The van der Waals surface area contributed by atoms with Gasteiger partial charge < -0.3 is 23.7 Å². The molecule has 1 amide bonds. The summed E-state index contributed by atoms with van der Waals surface area (Å²) in [5, 5.41) is 1.91. The zero-order chi connectivity index (χ0) is 24.7. The summed E-state index contributed by atoms with van der Waals surface area (Å²) in [5.41, 5.74) is -1.12. The summed E-state index contributed by atoms with van der Waals surface area (Å²) in [6, 6.07) is 0. The van der Waals surface area contributed by atoms with Gasteiger partial charge in [-0.3, -0.25) is 24.3 Å². The number of amides is 1. The van der Waals surface area contributed by atoms with Crippen LogP contribution in [0.15, 0.2) is 11.0 Å². The van der Waals surface area contributed by atoms with Crippen LogP contribution in [-0.2, 0) is 38.1 Å². The molecule has 1 aliphatic heterocycles. The number of hydrogen-bond donors (Lipinski definition) is 1. The molecule has 1 saturated heterocycles. The average Bonchev–Trinajstić information content (AvgIpc) is 3.03. The number of hydrogen-bond acceptors (Lipinski definition) is 11. The Labute approximate surface area is 186 Å². The molecule has 0 aliphatic carbocycles. The van der Waals surface area contributed by atoms with Crippen molar-refractivity contribution in [1.29, 1.82) is 0 Å². The maximum atomic E-state index is 14.6. The van der Waals surface area contributed by atoms with E-state index in [2.05, 4.69) is 9.72 Å². The number of anilines is 1. The van der Waals surface area contributed by atoms with E-state index >= 15 is 0 Å². The second kappa shape index (κ2) is 11.0. The minimum atomic E-state index is -1.52. The van der Waals surface area contributed by atoms with Crippen LogP contribution in [0, 0.1) is 18.2 Å². The van der Waals surface area contributed by atoms with E-state index in [1.54, 1.807) is 0 Å². The summed E-state index contributed by atoms with van der Waals surface area (Å²) in [6.45, 7) is 2.44. The molecule has 1 aromatic heterocycles. The number of rotatable bonds is 7. The molecule has 2 heterocycles. The Morgan fingerprint density at radius 3 is 2.36 bits per heavy atom. The van der Waals surface area contributed by atoms with Gasteiger partial charge in [-0.2, -0.15) is 4.98 Å². The van der Waals surface area contributed by atoms with Crippen molar-refractivity contribution in [2.45, 2.75) is 45.3 Å². The number of aromatic nitrogens is 2. The van der Waals surface area contributed by atoms with E-state index in [-0.39, 0.29) is 0 Å². The van der Waals surface area contributed by atoms with E-state index in [4.69, 9.17) is 25.4 Å². The second-order valence-corrected chi connectivity index (χ2v) is 6.55. The van der Waals surface area contributed by atoms with Crippen molar-refractivity contribution in [3.05, 3.63) is 22.5 Å². The Bertz CT molecular complexity index is 1030.